The predicted molar refractivity (Wildman–Crippen MR) is 98.9 cm³/mol. The van der Waals surface area contributed by atoms with Gasteiger partial charge >= 0.3 is 6.18 Å². The number of benzene rings is 2. The van der Waals surface area contributed by atoms with Gasteiger partial charge in [-0.2, -0.15) is 13.2 Å². The van der Waals surface area contributed by atoms with E-state index in [0.29, 0.717) is 17.8 Å². The summed E-state index contributed by atoms with van der Waals surface area (Å²) in [6.45, 7) is 0. The molecule has 1 unspecified atom stereocenters. The summed E-state index contributed by atoms with van der Waals surface area (Å²) in [7, 11) is 0. The fourth-order valence-electron chi connectivity index (χ4n) is 3.14. The summed E-state index contributed by atoms with van der Waals surface area (Å²) in [5.74, 6) is -2.51. The van der Waals surface area contributed by atoms with Gasteiger partial charge in [0.15, 0.2) is 6.40 Å². The number of hydrogen-bond acceptors (Lipinski definition) is 5. The van der Waals surface area contributed by atoms with Crippen LogP contribution >= 0.6 is 0 Å². The first-order chi connectivity index (χ1) is 14.3. The molecule has 0 radical (unpaired) electrons. The molecule has 0 bridgehead atoms. The second kappa shape index (κ2) is 7.21. The minimum atomic E-state index is -4.85. The normalized spacial score (nSPS) is 16.0. The van der Waals surface area contributed by atoms with Gasteiger partial charge in [0.25, 0.3) is 0 Å². The van der Waals surface area contributed by atoms with Gasteiger partial charge in [0.1, 0.15) is 5.82 Å². The number of carbonyl (C=O) groups excluding carboxylic acids is 1. The summed E-state index contributed by atoms with van der Waals surface area (Å²) in [6.07, 6.45) is -2.14. The Hall–Kier alpha value is -3.82. The van der Waals surface area contributed by atoms with Gasteiger partial charge in [0, 0.05) is 5.56 Å². The van der Waals surface area contributed by atoms with Crippen molar-refractivity contribution in [1.82, 2.24) is 0 Å². The van der Waals surface area contributed by atoms with Crippen LogP contribution in [-0.2, 0) is 10.9 Å². The average molecular weight is 419 g/mol. The maximum atomic E-state index is 14.8. The lowest BCUT2D eigenvalue weighted by Crippen LogP contribution is -2.26. The Bertz CT molecular complexity index is 1130. The van der Waals surface area contributed by atoms with E-state index in [1.165, 1.54) is 17.5 Å². The molecule has 154 valence electrons. The fourth-order valence-corrected chi connectivity index (χ4v) is 3.14. The molecule has 0 aliphatic carbocycles. The maximum Gasteiger partial charge on any atom is 0.416 e. The summed E-state index contributed by atoms with van der Waals surface area (Å²) in [5.41, 5.74) is 4.80. The molecule has 1 aliphatic rings. The van der Waals surface area contributed by atoms with Gasteiger partial charge in [-0.15, -0.1) is 5.10 Å². The second-order valence-electron chi connectivity index (χ2n) is 6.40. The summed E-state index contributed by atoms with van der Waals surface area (Å²) in [4.78, 5) is 11.8. The smallest absolute Gasteiger partial charge is 0.416 e. The van der Waals surface area contributed by atoms with Crippen molar-refractivity contribution in [2.45, 2.75) is 12.4 Å². The number of primary amides is 1. The van der Waals surface area contributed by atoms with Gasteiger partial charge in [-0.05, 0) is 35.9 Å². The van der Waals surface area contributed by atoms with E-state index in [1.807, 2.05) is 0 Å². The Morgan fingerprint density at radius 1 is 1.13 bits per heavy atom. The number of hydrogen-bond donors (Lipinski definition) is 1. The summed E-state index contributed by atoms with van der Waals surface area (Å²) in [5, 5.41) is 5.26. The van der Waals surface area contributed by atoms with Gasteiger partial charge in [-0.1, -0.05) is 12.1 Å². The van der Waals surface area contributed by atoms with E-state index in [-0.39, 0.29) is 0 Å². The molecular weight excluding hydrogens is 406 g/mol. The van der Waals surface area contributed by atoms with Crippen LogP contribution in [-0.4, -0.2) is 12.3 Å². The van der Waals surface area contributed by atoms with Crippen LogP contribution in [0.2, 0.25) is 0 Å². The van der Waals surface area contributed by atoms with Crippen molar-refractivity contribution in [3.8, 4) is 11.1 Å². The zero-order chi connectivity index (χ0) is 21.5. The molecule has 2 heterocycles. The lowest BCUT2D eigenvalue weighted by Gasteiger charge is -2.25. The van der Waals surface area contributed by atoms with Crippen LogP contribution in [0.25, 0.3) is 11.1 Å². The molecule has 1 aliphatic heterocycles. The lowest BCUT2D eigenvalue weighted by molar-refractivity contribution is -0.137. The van der Waals surface area contributed by atoms with Crippen molar-refractivity contribution in [1.29, 1.82) is 0 Å². The molecule has 3 aromatic rings. The lowest BCUT2D eigenvalue weighted by atomic mass is 10.00. The summed E-state index contributed by atoms with van der Waals surface area (Å²) < 4.78 is 64.3. The molecule has 10 heteroatoms. The van der Waals surface area contributed by atoms with Crippen LogP contribution in [0.15, 0.2) is 64.5 Å². The van der Waals surface area contributed by atoms with Crippen LogP contribution in [0.3, 0.4) is 0 Å². The van der Waals surface area contributed by atoms with Crippen molar-refractivity contribution >= 4 is 18.0 Å². The van der Waals surface area contributed by atoms with Crippen LogP contribution in [0.1, 0.15) is 27.7 Å². The molecular formula is C20H13F4N3O3. The van der Waals surface area contributed by atoms with E-state index < -0.39 is 40.8 Å². The monoisotopic (exact) mass is 419 g/mol. The van der Waals surface area contributed by atoms with Crippen LogP contribution in [0, 0.1) is 5.82 Å². The van der Waals surface area contributed by atoms with Crippen LogP contribution in [0.5, 0.6) is 0 Å². The molecule has 2 N–H and O–H groups in total. The Kier molecular flexibility index (Phi) is 4.69. The van der Waals surface area contributed by atoms with E-state index in [1.54, 1.807) is 30.3 Å². The van der Waals surface area contributed by atoms with E-state index in [0.717, 1.165) is 17.5 Å². The standard InChI is InChI=1S/C20H13F4N3O3/c21-16-8-13(20(22,23)24)7-15(18(25)28)17(16)19-27(26-10-30-19)14-3-1-2-11(6-14)12-4-5-29-9-12/h1-10,19H,(H2,25,28). The highest BCUT2D eigenvalue weighted by Crippen LogP contribution is 2.39. The Morgan fingerprint density at radius 3 is 2.60 bits per heavy atom. The van der Waals surface area contributed by atoms with Crippen LogP contribution < -0.4 is 10.7 Å². The summed E-state index contributed by atoms with van der Waals surface area (Å²) >= 11 is 0. The third-order valence-electron chi connectivity index (χ3n) is 4.52. The van der Waals surface area contributed by atoms with Gasteiger partial charge in [0.05, 0.1) is 34.9 Å². The minimum absolute atomic E-state index is 0.295. The number of anilines is 1. The first-order valence-corrected chi connectivity index (χ1v) is 8.56. The topological polar surface area (TPSA) is 81.1 Å². The first-order valence-electron chi connectivity index (χ1n) is 8.56. The Morgan fingerprint density at radius 2 is 1.93 bits per heavy atom. The number of hydrazone groups is 1. The molecule has 1 amide bonds. The molecule has 6 nitrogen and oxygen atoms in total. The predicted octanol–water partition coefficient (Wildman–Crippen LogP) is 4.68. The van der Waals surface area contributed by atoms with Crippen LogP contribution in [0.4, 0.5) is 23.2 Å². The quantitative estimate of drug-likeness (QED) is 0.623. The first kappa shape index (κ1) is 19.5. The van der Waals surface area contributed by atoms with E-state index in [4.69, 9.17) is 14.9 Å². The highest BCUT2D eigenvalue weighted by atomic mass is 19.4. The molecule has 0 spiro atoms. The molecule has 0 saturated carbocycles. The number of rotatable bonds is 4. The number of furan rings is 1. The number of nitrogens with two attached hydrogens (primary N) is 1. The zero-order valence-electron chi connectivity index (χ0n) is 15.1. The fraction of sp³-hybridized carbons (Fsp3) is 0.100. The SMILES string of the molecule is NC(=O)c1cc(C(F)(F)F)cc(F)c1C1OC=NN1c1cccc(-c2ccoc2)c1. The van der Waals surface area contributed by atoms with Gasteiger partial charge in [0.2, 0.25) is 12.1 Å². The molecule has 0 fully saturated rings. The van der Waals surface area contributed by atoms with Gasteiger partial charge < -0.3 is 14.9 Å². The van der Waals surface area contributed by atoms with E-state index >= 15 is 0 Å². The van der Waals surface area contributed by atoms with Crippen molar-refractivity contribution in [2.75, 3.05) is 5.01 Å². The highest BCUT2D eigenvalue weighted by Gasteiger charge is 2.37. The number of nitrogens with zero attached hydrogens (tertiary/aromatic N) is 2. The second-order valence-corrected chi connectivity index (χ2v) is 6.40. The number of amides is 1. The van der Waals surface area contributed by atoms with Crippen molar-refractivity contribution in [3.63, 3.8) is 0 Å². The van der Waals surface area contributed by atoms with E-state index in [2.05, 4.69) is 5.10 Å². The van der Waals surface area contributed by atoms with Crippen molar-refractivity contribution in [2.24, 2.45) is 10.8 Å². The third kappa shape index (κ3) is 3.47. The Labute approximate surface area is 167 Å². The molecule has 2 aromatic carbocycles. The van der Waals surface area contributed by atoms with Gasteiger partial charge in [-0.3, -0.25) is 4.79 Å². The number of alkyl halides is 3. The zero-order valence-corrected chi connectivity index (χ0v) is 15.1. The number of halogens is 4. The third-order valence-corrected chi connectivity index (χ3v) is 4.52. The summed E-state index contributed by atoms with van der Waals surface area (Å²) in [6, 6.07) is 9.40. The molecule has 1 aromatic heterocycles. The Balaban J connectivity index is 1.78. The maximum absolute atomic E-state index is 14.8. The van der Waals surface area contributed by atoms with E-state index in [9.17, 15) is 22.4 Å². The largest absolute Gasteiger partial charge is 0.472 e. The molecule has 0 saturated heterocycles. The number of ether oxygens (including phenoxy) is 1. The number of carbonyl (C=O) groups is 1. The highest BCUT2D eigenvalue weighted by molar-refractivity contribution is 5.95. The minimum Gasteiger partial charge on any atom is -0.472 e. The molecule has 4 rings (SSSR count). The van der Waals surface area contributed by atoms with Crippen molar-refractivity contribution < 1.29 is 31.5 Å². The van der Waals surface area contributed by atoms with Gasteiger partial charge in [-0.25, -0.2) is 9.40 Å². The molecule has 1 atom stereocenters. The van der Waals surface area contributed by atoms with Crippen molar-refractivity contribution in [3.05, 3.63) is 77.5 Å². The molecule has 30 heavy (non-hydrogen) atoms. The average Bonchev–Trinajstić information content (AvgIpc) is 3.39.